The molecule has 0 N–H and O–H groups in total. The Kier molecular flexibility index (Phi) is 3.99. The minimum atomic E-state index is -1.04. The van der Waals surface area contributed by atoms with Crippen molar-refractivity contribution >= 4 is 8.07 Å². The molecule has 1 unspecified atom stereocenters. The van der Waals surface area contributed by atoms with Crippen molar-refractivity contribution in [2.45, 2.75) is 65.2 Å². The van der Waals surface area contributed by atoms with E-state index in [0.717, 1.165) is 5.54 Å². The molecule has 0 radical (unpaired) electrons. The van der Waals surface area contributed by atoms with Gasteiger partial charge >= 0.3 is 0 Å². The first-order valence-electron chi connectivity index (χ1n) is 6.26. The Morgan fingerprint density at radius 3 is 2.20 bits per heavy atom. The van der Waals surface area contributed by atoms with E-state index < -0.39 is 8.07 Å². The van der Waals surface area contributed by atoms with Crippen LogP contribution in [0, 0.1) is 0 Å². The standard InChI is InChI=1S/C14H26Si/c1-7-8-9-13-11(2)10-14(12(13)3)15(4,5)6/h10,14H,7-9H2,1-6H3. The molecular weight excluding hydrogens is 196 g/mol. The number of allylic oxidation sites excluding steroid dienone is 4. The molecule has 15 heavy (non-hydrogen) atoms. The number of hydrogen-bond acceptors (Lipinski definition) is 0. The summed E-state index contributed by atoms with van der Waals surface area (Å²) in [5.41, 5.74) is 5.71. The predicted octanol–water partition coefficient (Wildman–Crippen LogP) is 5.16. The minimum Gasteiger partial charge on any atom is -0.0769 e. The van der Waals surface area contributed by atoms with E-state index in [0.29, 0.717) is 0 Å². The number of hydrogen-bond donors (Lipinski definition) is 0. The SMILES string of the molecule is CCCCC1=C(C)C([Si](C)(C)C)C=C1C. The van der Waals surface area contributed by atoms with Crippen molar-refractivity contribution in [3.05, 3.63) is 22.8 Å². The second-order valence-corrected chi connectivity index (χ2v) is 11.3. The summed E-state index contributed by atoms with van der Waals surface area (Å²) in [5.74, 6) is 0. The molecule has 0 fully saturated rings. The third-order valence-electron chi connectivity index (χ3n) is 3.55. The summed E-state index contributed by atoms with van der Waals surface area (Å²) in [6.45, 7) is 14.4. The van der Waals surface area contributed by atoms with Gasteiger partial charge in [-0.2, -0.15) is 0 Å². The molecule has 1 atom stereocenters. The van der Waals surface area contributed by atoms with Gasteiger partial charge in [0.2, 0.25) is 0 Å². The third-order valence-corrected chi connectivity index (χ3v) is 6.01. The Morgan fingerprint density at radius 2 is 1.80 bits per heavy atom. The lowest BCUT2D eigenvalue weighted by atomic mass is 10.0. The summed E-state index contributed by atoms with van der Waals surface area (Å²) in [6.07, 6.45) is 6.48. The number of rotatable bonds is 4. The molecule has 1 rings (SSSR count). The quantitative estimate of drug-likeness (QED) is 0.576. The highest BCUT2D eigenvalue weighted by molar-refractivity contribution is 6.78. The van der Waals surface area contributed by atoms with Crippen LogP contribution in [0.2, 0.25) is 25.2 Å². The lowest BCUT2D eigenvalue weighted by Crippen LogP contribution is -2.26. The normalized spacial score (nSPS) is 22.3. The van der Waals surface area contributed by atoms with Gasteiger partial charge in [-0.3, -0.25) is 0 Å². The monoisotopic (exact) mass is 222 g/mol. The third kappa shape index (κ3) is 2.84. The van der Waals surface area contributed by atoms with E-state index in [1.165, 1.54) is 19.3 Å². The van der Waals surface area contributed by atoms with Crippen molar-refractivity contribution in [3.63, 3.8) is 0 Å². The summed E-state index contributed by atoms with van der Waals surface area (Å²) >= 11 is 0. The van der Waals surface area contributed by atoms with Crippen molar-refractivity contribution in [1.29, 1.82) is 0 Å². The first kappa shape index (κ1) is 12.8. The van der Waals surface area contributed by atoms with E-state index in [1.54, 1.807) is 16.7 Å². The van der Waals surface area contributed by atoms with Crippen LogP contribution in [0.5, 0.6) is 0 Å². The first-order valence-corrected chi connectivity index (χ1v) is 9.84. The smallest absolute Gasteiger partial charge is 0.0561 e. The van der Waals surface area contributed by atoms with Crippen LogP contribution in [0.15, 0.2) is 22.8 Å². The van der Waals surface area contributed by atoms with Crippen molar-refractivity contribution < 1.29 is 0 Å². The average molecular weight is 222 g/mol. The van der Waals surface area contributed by atoms with Gasteiger partial charge in [0.05, 0.1) is 8.07 Å². The number of unbranched alkanes of at least 4 members (excludes halogenated alkanes) is 1. The zero-order valence-electron chi connectivity index (χ0n) is 11.3. The molecule has 0 heterocycles. The summed E-state index contributed by atoms with van der Waals surface area (Å²) in [4.78, 5) is 0. The van der Waals surface area contributed by atoms with Crippen molar-refractivity contribution in [1.82, 2.24) is 0 Å². The Morgan fingerprint density at radius 1 is 1.20 bits per heavy atom. The molecule has 1 aliphatic rings. The summed E-state index contributed by atoms with van der Waals surface area (Å²) < 4.78 is 0. The average Bonchev–Trinajstić information content (AvgIpc) is 2.39. The molecule has 1 aliphatic carbocycles. The fourth-order valence-corrected chi connectivity index (χ4v) is 4.84. The van der Waals surface area contributed by atoms with Crippen LogP contribution in [-0.2, 0) is 0 Å². The van der Waals surface area contributed by atoms with Gasteiger partial charge in [-0.15, -0.1) is 0 Å². The van der Waals surface area contributed by atoms with Gasteiger partial charge in [-0.25, -0.2) is 0 Å². The van der Waals surface area contributed by atoms with Crippen LogP contribution in [-0.4, -0.2) is 8.07 Å². The summed E-state index contributed by atoms with van der Waals surface area (Å²) in [7, 11) is -1.04. The zero-order valence-corrected chi connectivity index (χ0v) is 12.3. The van der Waals surface area contributed by atoms with Gasteiger partial charge in [-0.1, -0.05) is 50.2 Å². The first-order chi connectivity index (χ1) is 6.88. The Hall–Kier alpha value is -0.303. The largest absolute Gasteiger partial charge is 0.0769 e. The van der Waals surface area contributed by atoms with Gasteiger partial charge in [-0.05, 0) is 37.8 Å². The minimum absolute atomic E-state index is 0.796. The van der Waals surface area contributed by atoms with E-state index in [-0.39, 0.29) is 0 Å². The fraction of sp³-hybridized carbons (Fsp3) is 0.714. The molecule has 0 saturated carbocycles. The molecule has 0 aliphatic heterocycles. The van der Waals surface area contributed by atoms with Crippen LogP contribution in [0.4, 0.5) is 0 Å². The van der Waals surface area contributed by atoms with Crippen LogP contribution in [0.25, 0.3) is 0 Å². The molecule has 0 aromatic heterocycles. The maximum absolute atomic E-state index is 2.53. The van der Waals surface area contributed by atoms with E-state index in [2.05, 4.69) is 46.5 Å². The highest BCUT2D eigenvalue weighted by Crippen LogP contribution is 2.42. The van der Waals surface area contributed by atoms with Crippen LogP contribution in [0.1, 0.15) is 40.0 Å². The highest BCUT2D eigenvalue weighted by Gasteiger charge is 2.31. The van der Waals surface area contributed by atoms with Crippen LogP contribution >= 0.6 is 0 Å². The van der Waals surface area contributed by atoms with Gasteiger partial charge in [0.25, 0.3) is 0 Å². The predicted molar refractivity (Wildman–Crippen MR) is 73.1 cm³/mol. The Bertz CT molecular complexity index is 289. The fourth-order valence-electron chi connectivity index (χ4n) is 2.62. The topological polar surface area (TPSA) is 0 Å². The molecule has 0 saturated heterocycles. The molecule has 0 aromatic carbocycles. The zero-order chi connectivity index (χ0) is 11.6. The van der Waals surface area contributed by atoms with E-state index in [1.807, 2.05) is 0 Å². The van der Waals surface area contributed by atoms with Gasteiger partial charge in [0.1, 0.15) is 0 Å². The second kappa shape index (κ2) is 4.69. The lowest BCUT2D eigenvalue weighted by Gasteiger charge is -2.25. The van der Waals surface area contributed by atoms with Gasteiger partial charge < -0.3 is 0 Å². The van der Waals surface area contributed by atoms with E-state index >= 15 is 0 Å². The molecular formula is C14H26Si. The Balaban J connectivity index is 2.87. The summed E-state index contributed by atoms with van der Waals surface area (Å²) in [6, 6.07) is 0. The van der Waals surface area contributed by atoms with Crippen molar-refractivity contribution in [2.24, 2.45) is 0 Å². The van der Waals surface area contributed by atoms with Gasteiger partial charge in [0, 0.05) is 0 Å². The second-order valence-electron chi connectivity index (χ2n) is 5.96. The molecule has 0 amide bonds. The molecule has 0 bridgehead atoms. The maximum Gasteiger partial charge on any atom is 0.0561 e. The molecule has 1 heteroatoms. The Labute approximate surface area is 96.5 Å². The lowest BCUT2D eigenvalue weighted by molar-refractivity contribution is 0.787. The highest BCUT2D eigenvalue weighted by atomic mass is 28.3. The molecule has 86 valence electrons. The van der Waals surface area contributed by atoms with Crippen molar-refractivity contribution in [2.75, 3.05) is 0 Å². The molecule has 0 aromatic rings. The van der Waals surface area contributed by atoms with Crippen LogP contribution in [0.3, 0.4) is 0 Å². The molecule has 0 nitrogen and oxygen atoms in total. The maximum atomic E-state index is 2.53. The molecule has 0 spiro atoms. The van der Waals surface area contributed by atoms with E-state index in [4.69, 9.17) is 0 Å². The van der Waals surface area contributed by atoms with Crippen molar-refractivity contribution in [3.8, 4) is 0 Å². The summed E-state index contributed by atoms with van der Waals surface area (Å²) in [5, 5.41) is 0. The van der Waals surface area contributed by atoms with Crippen LogP contribution < -0.4 is 0 Å². The van der Waals surface area contributed by atoms with Gasteiger partial charge in [0.15, 0.2) is 0 Å². The van der Waals surface area contributed by atoms with E-state index in [9.17, 15) is 0 Å².